The van der Waals surface area contributed by atoms with Crippen LogP contribution in [0, 0.1) is 0 Å². The van der Waals surface area contributed by atoms with Gasteiger partial charge in [-0.2, -0.15) is 0 Å². The molecule has 89 heavy (non-hydrogen) atoms. The molecule has 0 radical (unpaired) electrons. The second-order valence-electron chi connectivity index (χ2n) is 29.3. The standard InChI is InChI=1S/C84H166O5/c1-3-5-7-9-11-13-15-17-19-21-23-25-27-29-31-33-35-37-39-40-41-42-43-45-47-49-51-53-55-57-59-61-63-65-67-69-71-73-75-77-79-84(87)89-82(80-85)81-88-83(86)78-76-74-72-70-68-66-64-62-60-58-56-54-52-50-48-46-44-38-36-34-32-30-28-26-24-22-20-18-16-14-12-10-8-6-4-2/h82,85H,3-81H2,1-2H3. The van der Waals surface area contributed by atoms with E-state index in [-0.39, 0.29) is 25.2 Å². The Bertz CT molecular complexity index is 1280. The van der Waals surface area contributed by atoms with E-state index in [0.717, 1.165) is 32.1 Å². The van der Waals surface area contributed by atoms with Crippen LogP contribution in [-0.4, -0.2) is 36.4 Å². The lowest BCUT2D eigenvalue weighted by molar-refractivity contribution is -0.161. The number of hydrogen-bond donors (Lipinski definition) is 1. The average molecular weight is 1260 g/mol. The summed E-state index contributed by atoms with van der Waals surface area (Å²) in [6.07, 6.45) is 105. The number of ether oxygens (including phenoxy) is 2. The maximum atomic E-state index is 12.4. The van der Waals surface area contributed by atoms with Crippen molar-refractivity contribution in [3.8, 4) is 0 Å². The summed E-state index contributed by atoms with van der Waals surface area (Å²) in [4.78, 5) is 24.7. The highest BCUT2D eigenvalue weighted by Gasteiger charge is 2.16. The van der Waals surface area contributed by atoms with Gasteiger partial charge in [-0.05, 0) is 12.8 Å². The molecule has 0 aromatic carbocycles. The van der Waals surface area contributed by atoms with Gasteiger partial charge in [0.25, 0.3) is 0 Å². The Hall–Kier alpha value is -1.10. The first-order valence-electron chi connectivity index (χ1n) is 42.1. The number of unbranched alkanes of at least 4 members (excludes halogenated alkanes) is 73. The summed E-state index contributed by atoms with van der Waals surface area (Å²) in [5, 5.41) is 9.73. The van der Waals surface area contributed by atoms with Crippen molar-refractivity contribution in [3.05, 3.63) is 0 Å². The van der Waals surface area contributed by atoms with Gasteiger partial charge in [0.2, 0.25) is 0 Å². The van der Waals surface area contributed by atoms with Gasteiger partial charge in [0, 0.05) is 12.8 Å². The molecule has 5 heteroatoms. The predicted octanol–water partition coefficient (Wildman–Crippen LogP) is 29.5. The van der Waals surface area contributed by atoms with Gasteiger partial charge in [-0.15, -0.1) is 0 Å². The molecule has 0 saturated heterocycles. The Morgan fingerprint density at radius 2 is 0.348 bits per heavy atom. The van der Waals surface area contributed by atoms with Crippen LogP contribution in [0.5, 0.6) is 0 Å². The molecule has 1 atom stereocenters. The van der Waals surface area contributed by atoms with E-state index < -0.39 is 6.10 Å². The van der Waals surface area contributed by atoms with Gasteiger partial charge in [-0.1, -0.05) is 483 Å². The Balaban J connectivity index is 3.32. The second kappa shape index (κ2) is 81.1. The lowest BCUT2D eigenvalue weighted by Crippen LogP contribution is -2.28. The minimum absolute atomic E-state index is 0.0550. The van der Waals surface area contributed by atoms with Crippen LogP contribution in [0.1, 0.15) is 508 Å². The van der Waals surface area contributed by atoms with Crippen molar-refractivity contribution in [1.29, 1.82) is 0 Å². The lowest BCUT2D eigenvalue weighted by Gasteiger charge is -2.15. The van der Waals surface area contributed by atoms with E-state index in [9.17, 15) is 14.7 Å². The highest BCUT2D eigenvalue weighted by Crippen LogP contribution is 2.21. The molecule has 0 aromatic heterocycles. The van der Waals surface area contributed by atoms with E-state index in [4.69, 9.17) is 9.47 Å². The molecule has 0 rings (SSSR count). The van der Waals surface area contributed by atoms with Crippen LogP contribution in [0.15, 0.2) is 0 Å². The number of rotatable bonds is 81. The van der Waals surface area contributed by atoms with Crippen LogP contribution in [0.2, 0.25) is 0 Å². The Morgan fingerprint density at radius 3 is 0.494 bits per heavy atom. The van der Waals surface area contributed by atoms with Crippen molar-refractivity contribution < 1.29 is 24.2 Å². The SMILES string of the molecule is CCCCCCCCCCCCCCCCCCCCCCCCCCCCCCCCCCCCCCCCCCC(=O)OC(CO)COC(=O)CCCCCCCCCCCCCCCCCCCCCCCCCCCCCCCCCCCCC. The summed E-state index contributed by atoms with van der Waals surface area (Å²) < 4.78 is 10.8. The Labute approximate surface area is 560 Å². The number of carbonyl (C=O) groups excluding carboxylic acids is 2. The zero-order chi connectivity index (χ0) is 64.0. The van der Waals surface area contributed by atoms with Gasteiger partial charge in [0.05, 0.1) is 6.61 Å². The molecule has 0 aromatic rings. The van der Waals surface area contributed by atoms with E-state index >= 15 is 0 Å². The summed E-state index contributed by atoms with van der Waals surface area (Å²) in [5.41, 5.74) is 0. The van der Waals surface area contributed by atoms with Crippen molar-refractivity contribution in [2.75, 3.05) is 13.2 Å². The molecule has 0 saturated carbocycles. The fraction of sp³-hybridized carbons (Fsp3) is 0.976. The minimum atomic E-state index is -0.767. The second-order valence-corrected chi connectivity index (χ2v) is 29.3. The highest BCUT2D eigenvalue weighted by atomic mass is 16.6. The van der Waals surface area contributed by atoms with Crippen molar-refractivity contribution >= 4 is 11.9 Å². The monoisotopic (exact) mass is 1260 g/mol. The minimum Gasteiger partial charge on any atom is -0.462 e. The average Bonchev–Trinajstić information content (AvgIpc) is 3.55. The topological polar surface area (TPSA) is 72.8 Å². The summed E-state index contributed by atoms with van der Waals surface area (Å²) >= 11 is 0. The Kier molecular flexibility index (Phi) is 80.1. The number of aliphatic hydroxyl groups is 1. The first kappa shape index (κ1) is 87.9. The maximum absolute atomic E-state index is 12.4. The molecule has 0 aliphatic heterocycles. The fourth-order valence-electron chi connectivity index (χ4n) is 13.9. The van der Waals surface area contributed by atoms with Crippen LogP contribution in [0.4, 0.5) is 0 Å². The number of esters is 2. The van der Waals surface area contributed by atoms with Gasteiger partial charge in [-0.25, -0.2) is 0 Å². The molecule has 0 spiro atoms. The molecule has 532 valence electrons. The van der Waals surface area contributed by atoms with Gasteiger partial charge in [-0.3, -0.25) is 9.59 Å². The zero-order valence-corrected chi connectivity index (χ0v) is 61.5. The third-order valence-electron chi connectivity index (χ3n) is 20.2. The summed E-state index contributed by atoms with van der Waals surface area (Å²) in [6.45, 7) is 4.24. The van der Waals surface area contributed by atoms with Crippen LogP contribution in [-0.2, 0) is 19.1 Å². The van der Waals surface area contributed by atoms with Crippen LogP contribution in [0.3, 0.4) is 0 Å². The van der Waals surface area contributed by atoms with E-state index in [0.29, 0.717) is 12.8 Å². The van der Waals surface area contributed by atoms with Gasteiger partial charge in [0.1, 0.15) is 6.61 Å². The number of carbonyl (C=O) groups is 2. The van der Waals surface area contributed by atoms with E-state index in [1.807, 2.05) is 0 Å². The van der Waals surface area contributed by atoms with Gasteiger partial charge >= 0.3 is 11.9 Å². The van der Waals surface area contributed by atoms with Gasteiger partial charge < -0.3 is 14.6 Å². The molecule has 0 bridgehead atoms. The molecule has 0 amide bonds. The first-order valence-corrected chi connectivity index (χ1v) is 42.1. The Morgan fingerprint density at radius 1 is 0.213 bits per heavy atom. The third kappa shape index (κ3) is 79.3. The normalized spacial score (nSPS) is 12.0. The highest BCUT2D eigenvalue weighted by molar-refractivity contribution is 5.70. The summed E-state index contributed by atoms with van der Waals surface area (Å²) in [7, 11) is 0. The molecule has 0 fully saturated rings. The molecule has 5 nitrogen and oxygen atoms in total. The molecular weight excluding hydrogens is 1090 g/mol. The van der Waals surface area contributed by atoms with Crippen molar-refractivity contribution in [3.63, 3.8) is 0 Å². The van der Waals surface area contributed by atoms with Crippen molar-refractivity contribution in [2.45, 2.75) is 514 Å². The first-order chi connectivity index (χ1) is 44.1. The van der Waals surface area contributed by atoms with E-state index in [1.165, 1.54) is 449 Å². The zero-order valence-electron chi connectivity index (χ0n) is 61.5. The smallest absolute Gasteiger partial charge is 0.306 e. The largest absolute Gasteiger partial charge is 0.462 e. The van der Waals surface area contributed by atoms with Crippen LogP contribution < -0.4 is 0 Å². The molecule has 1 N–H and O–H groups in total. The molecule has 0 heterocycles. The van der Waals surface area contributed by atoms with Crippen LogP contribution in [0.25, 0.3) is 0 Å². The van der Waals surface area contributed by atoms with Crippen molar-refractivity contribution in [1.82, 2.24) is 0 Å². The predicted molar refractivity (Wildman–Crippen MR) is 395 cm³/mol. The number of hydrogen-bond acceptors (Lipinski definition) is 5. The van der Waals surface area contributed by atoms with Crippen molar-refractivity contribution in [2.24, 2.45) is 0 Å². The fourth-order valence-corrected chi connectivity index (χ4v) is 13.9. The number of aliphatic hydroxyl groups excluding tert-OH is 1. The quantitative estimate of drug-likeness (QED) is 0.0485. The molecule has 1 unspecified atom stereocenters. The van der Waals surface area contributed by atoms with Crippen LogP contribution >= 0.6 is 0 Å². The molecular formula is C84H166O5. The van der Waals surface area contributed by atoms with E-state index in [1.54, 1.807) is 0 Å². The third-order valence-corrected chi connectivity index (χ3v) is 20.2. The lowest BCUT2D eigenvalue weighted by atomic mass is 10.0. The summed E-state index contributed by atoms with van der Waals surface area (Å²) in [5.74, 6) is -0.555. The molecule has 0 aliphatic carbocycles. The summed E-state index contributed by atoms with van der Waals surface area (Å²) in [6, 6.07) is 0. The van der Waals surface area contributed by atoms with Gasteiger partial charge in [0.15, 0.2) is 6.10 Å². The molecule has 0 aliphatic rings. The van der Waals surface area contributed by atoms with E-state index in [2.05, 4.69) is 13.8 Å². The maximum Gasteiger partial charge on any atom is 0.306 e.